The summed E-state index contributed by atoms with van der Waals surface area (Å²) in [7, 11) is 0. The summed E-state index contributed by atoms with van der Waals surface area (Å²) in [5, 5.41) is 17.8. The van der Waals surface area contributed by atoms with E-state index in [1.807, 2.05) is 72.8 Å². The zero-order valence-electron chi connectivity index (χ0n) is 18.4. The first-order valence-electron chi connectivity index (χ1n) is 11.1. The van der Waals surface area contributed by atoms with Crippen LogP contribution in [0.15, 0.2) is 97.1 Å². The van der Waals surface area contributed by atoms with Gasteiger partial charge in [0, 0.05) is 0 Å². The van der Waals surface area contributed by atoms with Crippen molar-refractivity contribution in [1.29, 1.82) is 10.5 Å². The van der Waals surface area contributed by atoms with Gasteiger partial charge >= 0.3 is 0 Å². The molecule has 4 aromatic carbocycles. The van der Waals surface area contributed by atoms with Crippen LogP contribution in [0.3, 0.4) is 0 Å². The second kappa shape index (κ2) is 10.8. The molecule has 0 heterocycles. The molecule has 0 saturated carbocycles. The Labute approximate surface area is 195 Å². The number of nitriles is 2. The molecular formula is C30H24N2O. The van der Waals surface area contributed by atoms with E-state index in [1.165, 1.54) is 5.56 Å². The quantitative estimate of drug-likeness (QED) is 0.280. The van der Waals surface area contributed by atoms with E-state index < -0.39 is 0 Å². The van der Waals surface area contributed by atoms with Crippen LogP contribution in [0.1, 0.15) is 29.5 Å². The Balaban J connectivity index is 1.21. The largest absolute Gasteiger partial charge is 0.494 e. The predicted octanol–water partition coefficient (Wildman–Crippen LogP) is 7.17. The van der Waals surface area contributed by atoms with Crippen molar-refractivity contribution in [1.82, 2.24) is 0 Å². The molecule has 0 radical (unpaired) electrons. The fraction of sp³-hybridized carbons (Fsp3) is 0.133. The van der Waals surface area contributed by atoms with Crippen LogP contribution in [-0.2, 0) is 6.42 Å². The number of ether oxygens (including phenoxy) is 1. The Hall–Kier alpha value is -4.34. The minimum atomic E-state index is 0.668. The molecule has 0 atom stereocenters. The molecule has 0 aliphatic heterocycles. The van der Waals surface area contributed by atoms with Gasteiger partial charge in [-0.2, -0.15) is 10.5 Å². The lowest BCUT2D eigenvalue weighted by Gasteiger charge is -2.08. The highest BCUT2D eigenvalue weighted by molar-refractivity contribution is 5.65. The van der Waals surface area contributed by atoms with E-state index in [0.29, 0.717) is 17.7 Å². The van der Waals surface area contributed by atoms with Crippen LogP contribution in [0.2, 0.25) is 0 Å². The normalized spacial score (nSPS) is 10.2. The molecule has 4 rings (SSSR count). The first-order valence-corrected chi connectivity index (χ1v) is 11.1. The van der Waals surface area contributed by atoms with Gasteiger partial charge in [-0.05, 0) is 83.5 Å². The summed E-state index contributed by atoms with van der Waals surface area (Å²) in [4.78, 5) is 0. The summed E-state index contributed by atoms with van der Waals surface area (Å²) in [6, 6.07) is 36.3. The fourth-order valence-electron chi connectivity index (χ4n) is 3.70. The molecular weight excluding hydrogens is 404 g/mol. The number of hydrogen-bond acceptors (Lipinski definition) is 3. The molecule has 3 heteroatoms. The van der Waals surface area contributed by atoms with Crippen molar-refractivity contribution >= 4 is 0 Å². The Kier molecular flexibility index (Phi) is 7.16. The van der Waals surface area contributed by atoms with Crippen LogP contribution in [0.4, 0.5) is 0 Å². The average Bonchev–Trinajstić information content (AvgIpc) is 2.89. The molecule has 0 bridgehead atoms. The third-order valence-electron chi connectivity index (χ3n) is 5.63. The molecule has 0 unspecified atom stereocenters. The van der Waals surface area contributed by atoms with E-state index >= 15 is 0 Å². The van der Waals surface area contributed by atoms with Gasteiger partial charge < -0.3 is 4.74 Å². The van der Waals surface area contributed by atoms with Crippen molar-refractivity contribution in [3.63, 3.8) is 0 Å². The Morgan fingerprint density at radius 2 is 0.939 bits per heavy atom. The maximum absolute atomic E-state index is 8.92. The van der Waals surface area contributed by atoms with E-state index in [2.05, 4.69) is 36.4 Å². The summed E-state index contributed by atoms with van der Waals surface area (Å²) in [6.45, 7) is 0.694. The summed E-state index contributed by atoms with van der Waals surface area (Å²) >= 11 is 0. The molecule has 33 heavy (non-hydrogen) atoms. The minimum absolute atomic E-state index is 0.668. The van der Waals surface area contributed by atoms with Crippen LogP contribution in [0, 0.1) is 22.7 Å². The molecule has 160 valence electrons. The zero-order chi connectivity index (χ0) is 22.9. The molecule has 3 nitrogen and oxygen atoms in total. The van der Waals surface area contributed by atoms with Crippen molar-refractivity contribution in [3.8, 4) is 40.1 Å². The first kappa shape index (κ1) is 21.9. The zero-order valence-corrected chi connectivity index (χ0v) is 18.4. The van der Waals surface area contributed by atoms with Gasteiger partial charge in [-0.1, -0.05) is 60.7 Å². The highest BCUT2D eigenvalue weighted by atomic mass is 16.5. The van der Waals surface area contributed by atoms with Crippen LogP contribution < -0.4 is 4.74 Å². The lowest BCUT2D eigenvalue weighted by atomic mass is 10.0. The molecule has 0 fully saturated rings. The second-order valence-corrected chi connectivity index (χ2v) is 7.91. The highest BCUT2D eigenvalue weighted by Gasteiger charge is 2.02. The van der Waals surface area contributed by atoms with Crippen molar-refractivity contribution in [2.45, 2.75) is 19.3 Å². The van der Waals surface area contributed by atoms with E-state index in [1.54, 1.807) is 0 Å². The third-order valence-corrected chi connectivity index (χ3v) is 5.63. The smallest absolute Gasteiger partial charge is 0.119 e. The van der Waals surface area contributed by atoms with Crippen molar-refractivity contribution in [2.24, 2.45) is 0 Å². The Bertz CT molecular complexity index is 1160. The predicted molar refractivity (Wildman–Crippen MR) is 132 cm³/mol. The number of aryl methyl sites for hydroxylation is 1. The molecule has 0 aliphatic carbocycles. The summed E-state index contributed by atoms with van der Waals surface area (Å²) in [5.74, 6) is 0.874. The Morgan fingerprint density at radius 1 is 0.515 bits per heavy atom. The van der Waals surface area contributed by atoms with Gasteiger partial charge in [0.25, 0.3) is 0 Å². The lowest BCUT2D eigenvalue weighted by Crippen LogP contribution is -1.98. The molecule has 0 saturated heterocycles. The SMILES string of the molecule is N#Cc1ccc(-c2ccc(CCCCOc3ccc(-c4ccc(C#N)cc4)cc3)cc2)cc1. The van der Waals surface area contributed by atoms with E-state index in [9.17, 15) is 0 Å². The van der Waals surface area contributed by atoms with E-state index in [4.69, 9.17) is 15.3 Å². The van der Waals surface area contributed by atoms with Gasteiger partial charge in [-0.25, -0.2) is 0 Å². The fourth-order valence-corrected chi connectivity index (χ4v) is 3.70. The molecule has 0 amide bonds. The number of benzene rings is 4. The van der Waals surface area contributed by atoms with Gasteiger partial charge in [0.2, 0.25) is 0 Å². The van der Waals surface area contributed by atoms with Crippen LogP contribution >= 0.6 is 0 Å². The topological polar surface area (TPSA) is 56.8 Å². The number of unbranched alkanes of at least 4 members (excludes halogenated alkanes) is 1. The van der Waals surface area contributed by atoms with E-state index in [-0.39, 0.29) is 0 Å². The maximum Gasteiger partial charge on any atom is 0.119 e. The first-order chi connectivity index (χ1) is 16.2. The molecule has 0 aromatic heterocycles. The molecule has 0 spiro atoms. The third kappa shape index (κ3) is 5.88. The second-order valence-electron chi connectivity index (χ2n) is 7.91. The monoisotopic (exact) mass is 428 g/mol. The standard InChI is InChI=1S/C30H24N2O/c31-21-24-6-12-27(13-7-24)26-10-4-23(5-11-26)3-1-2-20-33-30-18-16-29(17-19-30)28-14-8-25(22-32)9-15-28/h4-19H,1-3,20H2. The highest BCUT2D eigenvalue weighted by Crippen LogP contribution is 2.23. The van der Waals surface area contributed by atoms with Crippen molar-refractivity contribution in [3.05, 3.63) is 114 Å². The molecule has 0 aliphatic rings. The Morgan fingerprint density at radius 3 is 1.39 bits per heavy atom. The van der Waals surface area contributed by atoms with E-state index in [0.717, 1.165) is 47.3 Å². The summed E-state index contributed by atoms with van der Waals surface area (Å²) in [6.07, 6.45) is 3.09. The van der Waals surface area contributed by atoms with Crippen LogP contribution in [0.25, 0.3) is 22.3 Å². The summed E-state index contributed by atoms with van der Waals surface area (Å²) in [5.41, 5.74) is 7.15. The number of rotatable bonds is 8. The van der Waals surface area contributed by atoms with Crippen molar-refractivity contribution < 1.29 is 4.74 Å². The van der Waals surface area contributed by atoms with Crippen molar-refractivity contribution in [2.75, 3.05) is 6.61 Å². The van der Waals surface area contributed by atoms with Gasteiger partial charge in [0.1, 0.15) is 5.75 Å². The van der Waals surface area contributed by atoms with Crippen LogP contribution in [-0.4, -0.2) is 6.61 Å². The number of nitrogens with zero attached hydrogens (tertiary/aromatic N) is 2. The lowest BCUT2D eigenvalue weighted by molar-refractivity contribution is 0.307. The van der Waals surface area contributed by atoms with Gasteiger partial charge in [0.15, 0.2) is 0 Å². The minimum Gasteiger partial charge on any atom is -0.494 e. The average molecular weight is 429 g/mol. The molecule has 4 aromatic rings. The number of hydrogen-bond donors (Lipinski definition) is 0. The molecule has 0 N–H and O–H groups in total. The maximum atomic E-state index is 8.92. The summed E-state index contributed by atoms with van der Waals surface area (Å²) < 4.78 is 5.90. The van der Waals surface area contributed by atoms with Crippen LogP contribution in [0.5, 0.6) is 5.75 Å². The van der Waals surface area contributed by atoms with Gasteiger partial charge in [-0.3, -0.25) is 0 Å². The van der Waals surface area contributed by atoms with Gasteiger partial charge in [0.05, 0.1) is 29.9 Å². The van der Waals surface area contributed by atoms with Gasteiger partial charge in [-0.15, -0.1) is 0 Å².